The van der Waals surface area contributed by atoms with Gasteiger partial charge in [0.05, 0.1) is 53.4 Å². The molecule has 3 saturated heterocycles. The number of hydrogen-bond acceptors (Lipinski definition) is 18. The fourth-order valence-corrected chi connectivity index (χ4v) is 9.10. The highest BCUT2D eigenvalue weighted by atomic mass is 16.8. The molecular weight excluding hydrogens is 963 g/mol. The number of aliphatic hydroxyl groups excluding tert-OH is 5. The lowest BCUT2D eigenvalue weighted by Gasteiger charge is -2.50. The third-order valence-corrected chi connectivity index (χ3v) is 13.0. The number of hydrogen-bond donors (Lipinski definition) is 6. The minimum absolute atomic E-state index is 0.0242. The lowest BCUT2D eigenvalue weighted by atomic mass is 9.94. The molecule has 1 amide bonds. The molecule has 0 unspecified atom stereocenters. The Labute approximate surface area is 431 Å². The molecule has 3 aliphatic rings. The molecule has 6 N–H and O–H groups in total. The number of benzene rings is 4. The van der Waals surface area contributed by atoms with E-state index >= 15 is 0 Å². The first kappa shape index (κ1) is 56.9. The molecule has 0 radical (unpaired) electrons. The van der Waals surface area contributed by atoms with E-state index in [1.165, 1.54) is 14.0 Å². The van der Waals surface area contributed by atoms with Crippen LogP contribution in [0.4, 0.5) is 0 Å². The number of ether oxygens (including phenoxy) is 11. The molecule has 3 fully saturated rings. The normalized spacial score (nSPS) is 30.1. The topological polar surface area (TPSA) is 249 Å². The van der Waals surface area contributed by atoms with Crippen molar-refractivity contribution in [2.24, 2.45) is 0 Å². The number of methoxy groups -OCH3 is 1. The predicted octanol–water partition coefficient (Wildman–Crippen LogP) is 3.23. The van der Waals surface area contributed by atoms with Crippen molar-refractivity contribution < 1.29 is 87.2 Å². The van der Waals surface area contributed by atoms with Crippen LogP contribution in [0.1, 0.15) is 54.9 Å². The van der Waals surface area contributed by atoms with Gasteiger partial charge in [0.1, 0.15) is 73.2 Å². The smallest absolute Gasteiger partial charge is 0.305 e. The summed E-state index contributed by atoms with van der Waals surface area (Å²) in [6.45, 7) is 0.431. The standard InChI is InChI=1S/C55H71NO18/c1-35(59)56-44-49(45(61)40(28-57)70-53(44)66-27-17-7-16-26-43(60)64-2)73-54-47(63)50(46(62)41(29-58)71-54)74-55-52(69-33-39-24-14-6-15-25-39)51(68-32-38-22-12-5-13-23-38)48(67-31-37-20-10-4-11-21-37)42(72-55)34-65-30-36-18-8-3-9-19-36/h3-6,8-15,18-25,40-42,44-55,57-58,61-63H,7,16-17,26-34H2,1-2H3,(H,56,59)/t40-,41-,42-,44-,45-,46+,47-,48+,49-,50+,51+,52-,53-,54+,55-/m1/s1. The van der Waals surface area contributed by atoms with E-state index in [4.69, 9.17) is 52.1 Å². The largest absolute Gasteiger partial charge is 0.469 e. The zero-order valence-electron chi connectivity index (χ0n) is 41.7. The first-order valence-electron chi connectivity index (χ1n) is 25.1. The molecule has 15 atom stereocenters. The van der Waals surface area contributed by atoms with Crippen LogP contribution in [0.5, 0.6) is 0 Å². The number of esters is 1. The van der Waals surface area contributed by atoms with Gasteiger partial charge in [0.2, 0.25) is 5.91 Å². The molecule has 0 bridgehead atoms. The number of rotatable bonds is 27. The van der Waals surface area contributed by atoms with E-state index in [1.807, 2.05) is 121 Å². The van der Waals surface area contributed by atoms with Gasteiger partial charge in [-0.2, -0.15) is 0 Å². The fraction of sp³-hybridized carbons (Fsp3) is 0.527. The first-order valence-corrected chi connectivity index (χ1v) is 25.1. The quantitative estimate of drug-likeness (QED) is 0.0371. The van der Waals surface area contributed by atoms with Gasteiger partial charge < -0.3 is 83.0 Å². The second-order valence-corrected chi connectivity index (χ2v) is 18.4. The second-order valence-electron chi connectivity index (χ2n) is 18.4. The Morgan fingerprint density at radius 3 is 1.51 bits per heavy atom. The summed E-state index contributed by atoms with van der Waals surface area (Å²) in [4.78, 5) is 24.3. The summed E-state index contributed by atoms with van der Waals surface area (Å²) in [5.41, 5.74) is 3.48. The Bertz CT molecular complexity index is 2220. The first-order chi connectivity index (χ1) is 36.1. The summed E-state index contributed by atoms with van der Waals surface area (Å²) in [5, 5.41) is 59.5. The van der Waals surface area contributed by atoms with Crippen molar-refractivity contribution in [1.82, 2.24) is 5.32 Å². The molecule has 0 spiro atoms. The van der Waals surface area contributed by atoms with Crippen LogP contribution in [0.25, 0.3) is 0 Å². The highest BCUT2D eigenvalue weighted by Gasteiger charge is 2.55. The molecule has 3 aliphatic heterocycles. The number of nitrogens with one attached hydrogen (secondary N) is 1. The Morgan fingerprint density at radius 1 is 0.514 bits per heavy atom. The van der Waals surface area contributed by atoms with Crippen molar-refractivity contribution in [2.75, 3.05) is 33.5 Å². The highest BCUT2D eigenvalue weighted by Crippen LogP contribution is 2.36. The molecular formula is C55H71NO18. The van der Waals surface area contributed by atoms with Crippen molar-refractivity contribution in [3.8, 4) is 0 Å². The molecule has 4 aromatic rings. The SMILES string of the molecule is COC(=O)CCCCCO[C@@H]1O[C@H](CO)[C@@H](O)[C@H](O[C@@H]2O[C@H](CO)[C@H](O)[C@H](O[C@H]3O[C@H](COCc4ccccc4)[C@H](OCc4ccccc4)[C@H](OCc4ccccc4)[C@H]3OCc3ccccc3)[C@H]2O)[C@H]1NC(C)=O. The van der Waals surface area contributed by atoms with Gasteiger partial charge >= 0.3 is 5.97 Å². The Balaban J connectivity index is 1.19. The van der Waals surface area contributed by atoms with Crippen LogP contribution in [0.2, 0.25) is 0 Å². The number of carbonyl (C=O) groups is 2. The third-order valence-electron chi connectivity index (χ3n) is 13.0. The van der Waals surface area contributed by atoms with Gasteiger partial charge in [0.25, 0.3) is 0 Å². The molecule has 74 heavy (non-hydrogen) atoms. The minimum Gasteiger partial charge on any atom is -0.469 e. The van der Waals surface area contributed by atoms with Gasteiger partial charge in [-0.3, -0.25) is 9.59 Å². The van der Waals surface area contributed by atoms with Crippen LogP contribution in [0.15, 0.2) is 121 Å². The maximum absolute atomic E-state index is 12.7. The van der Waals surface area contributed by atoms with E-state index in [2.05, 4.69) is 5.32 Å². The third kappa shape index (κ3) is 16.1. The van der Waals surface area contributed by atoms with Crippen molar-refractivity contribution in [1.29, 1.82) is 0 Å². The molecule has 4 aromatic carbocycles. The molecule has 404 valence electrons. The predicted molar refractivity (Wildman–Crippen MR) is 263 cm³/mol. The van der Waals surface area contributed by atoms with Gasteiger partial charge in [-0.1, -0.05) is 128 Å². The van der Waals surface area contributed by atoms with E-state index in [1.54, 1.807) is 0 Å². The monoisotopic (exact) mass is 1030 g/mol. The summed E-state index contributed by atoms with van der Waals surface area (Å²) in [7, 11) is 1.32. The van der Waals surface area contributed by atoms with Crippen LogP contribution >= 0.6 is 0 Å². The minimum atomic E-state index is -1.87. The van der Waals surface area contributed by atoms with E-state index in [-0.39, 0.29) is 52.0 Å². The summed E-state index contributed by atoms with van der Waals surface area (Å²) < 4.78 is 69.3. The number of carbonyl (C=O) groups excluding carboxylic acids is 2. The van der Waals surface area contributed by atoms with Crippen molar-refractivity contribution in [3.05, 3.63) is 144 Å². The lowest BCUT2D eigenvalue weighted by molar-refractivity contribution is -0.381. The Morgan fingerprint density at radius 2 is 0.986 bits per heavy atom. The lowest BCUT2D eigenvalue weighted by Crippen LogP contribution is -2.69. The number of aliphatic hydroxyl groups is 5. The van der Waals surface area contributed by atoms with E-state index in [0.29, 0.717) is 19.3 Å². The zero-order chi connectivity index (χ0) is 52.2. The number of unbranched alkanes of at least 4 members (excludes halogenated alkanes) is 2. The van der Waals surface area contributed by atoms with Crippen molar-refractivity contribution in [2.45, 2.75) is 151 Å². The molecule has 3 heterocycles. The molecule has 0 aromatic heterocycles. The van der Waals surface area contributed by atoms with Gasteiger partial charge in [0, 0.05) is 20.0 Å². The Kier molecular flexibility index (Phi) is 22.7. The van der Waals surface area contributed by atoms with Crippen LogP contribution in [0, 0.1) is 0 Å². The fourth-order valence-electron chi connectivity index (χ4n) is 9.10. The summed E-state index contributed by atoms with van der Waals surface area (Å²) >= 11 is 0. The summed E-state index contributed by atoms with van der Waals surface area (Å²) in [5.74, 6) is -0.884. The Hall–Kier alpha value is -4.78. The van der Waals surface area contributed by atoms with Crippen LogP contribution in [-0.4, -0.2) is 163 Å². The zero-order valence-corrected chi connectivity index (χ0v) is 41.7. The van der Waals surface area contributed by atoms with E-state index < -0.39 is 111 Å². The van der Waals surface area contributed by atoms with E-state index in [0.717, 1.165) is 22.3 Å². The molecule has 7 rings (SSSR count). The van der Waals surface area contributed by atoms with Crippen LogP contribution < -0.4 is 5.32 Å². The van der Waals surface area contributed by atoms with Gasteiger partial charge in [-0.05, 0) is 35.1 Å². The number of amides is 1. The second kappa shape index (κ2) is 29.5. The highest BCUT2D eigenvalue weighted by molar-refractivity contribution is 5.73. The van der Waals surface area contributed by atoms with Gasteiger partial charge in [-0.15, -0.1) is 0 Å². The van der Waals surface area contributed by atoms with Crippen molar-refractivity contribution >= 4 is 11.9 Å². The average molecular weight is 1030 g/mol. The molecule has 0 aliphatic carbocycles. The molecule has 19 heteroatoms. The van der Waals surface area contributed by atoms with Crippen LogP contribution in [-0.2, 0) is 88.1 Å². The van der Waals surface area contributed by atoms with E-state index in [9.17, 15) is 35.1 Å². The summed E-state index contributed by atoms with van der Waals surface area (Å²) in [6.07, 6.45) is -17.5. The maximum atomic E-state index is 12.7. The molecule has 0 saturated carbocycles. The maximum Gasteiger partial charge on any atom is 0.305 e. The van der Waals surface area contributed by atoms with Gasteiger partial charge in [0.15, 0.2) is 18.9 Å². The molecule has 19 nitrogen and oxygen atoms in total. The van der Waals surface area contributed by atoms with Crippen LogP contribution in [0.3, 0.4) is 0 Å². The van der Waals surface area contributed by atoms with Gasteiger partial charge in [-0.25, -0.2) is 0 Å². The summed E-state index contributed by atoms with van der Waals surface area (Å²) in [6, 6.07) is 37.0. The average Bonchev–Trinajstić information content (AvgIpc) is 3.42. The van der Waals surface area contributed by atoms with Crippen molar-refractivity contribution in [3.63, 3.8) is 0 Å².